The largest absolute Gasteiger partial charge is 0.373 e. The average Bonchev–Trinajstić information content (AvgIpc) is 3.15. The van der Waals surface area contributed by atoms with Crippen LogP contribution in [0.5, 0.6) is 0 Å². The molecule has 2 saturated carbocycles. The lowest BCUT2D eigenvalue weighted by Gasteiger charge is -2.22. The molecule has 2 aliphatic carbocycles. The second kappa shape index (κ2) is 5.21. The fourth-order valence-electron chi connectivity index (χ4n) is 3.03. The number of ether oxygens (including phenoxy) is 1. The van der Waals surface area contributed by atoms with Crippen molar-refractivity contribution in [1.29, 1.82) is 0 Å². The fraction of sp³-hybridized carbons (Fsp3) is 0.857. The summed E-state index contributed by atoms with van der Waals surface area (Å²) in [4.78, 5) is 4.55. The summed E-state index contributed by atoms with van der Waals surface area (Å²) in [5, 5.41) is 4.11. The zero-order valence-electron chi connectivity index (χ0n) is 11.6. The van der Waals surface area contributed by atoms with E-state index in [0.29, 0.717) is 17.6 Å². The highest BCUT2D eigenvalue weighted by Crippen LogP contribution is 2.42. The van der Waals surface area contributed by atoms with Gasteiger partial charge in [0.25, 0.3) is 0 Å². The van der Waals surface area contributed by atoms with Gasteiger partial charge in [0.1, 0.15) is 6.10 Å². The van der Waals surface area contributed by atoms with Crippen molar-refractivity contribution in [1.82, 2.24) is 10.1 Å². The van der Waals surface area contributed by atoms with Crippen LogP contribution in [-0.2, 0) is 10.3 Å². The second-order valence-corrected chi connectivity index (χ2v) is 6.02. The van der Waals surface area contributed by atoms with Gasteiger partial charge in [-0.3, -0.25) is 0 Å². The fourth-order valence-corrected chi connectivity index (χ4v) is 3.03. The van der Waals surface area contributed by atoms with Gasteiger partial charge in [-0.15, -0.1) is 0 Å². The van der Waals surface area contributed by atoms with Crippen LogP contribution in [0.2, 0.25) is 0 Å². The van der Waals surface area contributed by atoms with E-state index in [4.69, 9.17) is 15.0 Å². The van der Waals surface area contributed by atoms with Gasteiger partial charge < -0.3 is 15.0 Å². The average molecular weight is 265 g/mol. The molecule has 2 fully saturated rings. The normalized spacial score (nSPS) is 24.9. The monoisotopic (exact) mass is 265 g/mol. The molecule has 0 amide bonds. The number of aromatic nitrogens is 2. The van der Waals surface area contributed by atoms with Crippen molar-refractivity contribution in [3.05, 3.63) is 11.7 Å². The molecule has 0 aromatic carbocycles. The minimum Gasteiger partial charge on any atom is -0.373 e. The Labute approximate surface area is 113 Å². The zero-order valence-corrected chi connectivity index (χ0v) is 11.6. The summed E-state index contributed by atoms with van der Waals surface area (Å²) in [6.45, 7) is 0. The second-order valence-electron chi connectivity index (χ2n) is 6.02. The maximum atomic E-state index is 6.49. The number of rotatable bonds is 4. The van der Waals surface area contributed by atoms with E-state index in [0.717, 1.165) is 25.7 Å². The van der Waals surface area contributed by atoms with Crippen LogP contribution < -0.4 is 5.73 Å². The van der Waals surface area contributed by atoms with Crippen LogP contribution in [0.4, 0.5) is 0 Å². The molecular formula is C14H23N3O2. The van der Waals surface area contributed by atoms with Crippen LogP contribution in [0.3, 0.4) is 0 Å². The Morgan fingerprint density at radius 2 is 1.95 bits per heavy atom. The Balaban J connectivity index is 1.79. The van der Waals surface area contributed by atoms with Crippen molar-refractivity contribution in [2.24, 2.45) is 11.7 Å². The molecule has 3 rings (SSSR count). The van der Waals surface area contributed by atoms with Crippen LogP contribution in [0.25, 0.3) is 0 Å². The molecule has 0 spiro atoms. The standard InChI is InChI=1S/C14H23N3O2/c1-18-11(10-6-7-10)12-16-13(19-17-12)14(15)8-4-2-3-5-9-14/h10-11H,2-9,15H2,1H3. The summed E-state index contributed by atoms with van der Waals surface area (Å²) < 4.78 is 11.0. The molecule has 1 aromatic rings. The Kier molecular flexibility index (Phi) is 3.58. The third kappa shape index (κ3) is 2.67. The van der Waals surface area contributed by atoms with Crippen LogP contribution in [-0.4, -0.2) is 17.3 Å². The van der Waals surface area contributed by atoms with Crippen LogP contribution in [0.1, 0.15) is 69.2 Å². The summed E-state index contributed by atoms with van der Waals surface area (Å²) in [5.41, 5.74) is 6.06. The maximum absolute atomic E-state index is 6.49. The van der Waals surface area contributed by atoms with Crippen LogP contribution >= 0.6 is 0 Å². The van der Waals surface area contributed by atoms with E-state index >= 15 is 0 Å². The Bertz CT molecular complexity index is 420. The number of nitrogens with zero attached hydrogens (tertiary/aromatic N) is 2. The highest BCUT2D eigenvalue weighted by atomic mass is 16.5. The van der Waals surface area contributed by atoms with E-state index in [-0.39, 0.29) is 6.10 Å². The van der Waals surface area contributed by atoms with E-state index in [9.17, 15) is 0 Å². The lowest BCUT2D eigenvalue weighted by molar-refractivity contribution is 0.0751. The van der Waals surface area contributed by atoms with Gasteiger partial charge in [-0.1, -0.05) is 30.8 Å². The molecule has 19 heavy (non-hydrogen) atoms. The number of methoxy groups -OCH3 is 1. The van der Waals surface area contributed by atoms with Gasteiger partial charge in [0.15, 0.2) is 0 Å². The predicted molar refractivity (Wildman–Crippen MR) is 70.3 cm³/mol. The number of nitrogens with two attached hydrogens (primary N) is 1. The van der Waals surface area contributed by atoms with Gasteiger partial charge >= 0.3 is 0 Å². The Hall–Kier alpha value is -0.940. The van der Waals surface area contributed by atoms with E-state index in [1.165, 1.54) is 25.7 Å². The predicted octanol–water partition coefficient (Wildman–Crippen LogP) is 2.68. The molecule has 2 N–H and O–H groups in total. The lowest BCUT2D eigenvalue weighted by Crippen LogP contribution is -2.36. The molecule has 1 unspecified atom stereocenters. The third-order valence-electron chi connectivity index (χ3n) is 4.42. The third-order valence-corrected chi connectivity index (χ3v) is 4.42. The van der Waals surface area contributed by atoms with Crippen molar-refractivity contribution in [3.63, 3.8) is 0 Å². The van der Waals surface area contributed by atoms with Gasteiger partial charge in [-0.25, -0.2) is 0 Å². The highest BCUT2D eigenvalue weighted by Gasteiger charge is 2.39. The molecule has 0 aliphatic heterocycles. The molecule has 5 heteroatoms. The van der Waals surface area contributed by atoms with Gasteiger partial charge in [-0.05, 0) is 31.6 Å². The molecule has 1 aromatic heterocycles. The van der Waals surface area contributed by atoms with Crippen molar-refractivity contribution < 1.29 is 9.26 Å². The molecule has 0 bridgehead atoms. The van der Waals surface area contributed by atoms with Gasteiger partial charge in [0.2, 0.25) is 11.7 Å². The summed E-state index contributed by atoms with van der Waals surface area (Å²) in [7, 11) is 1.71. The highest BCUT2D eigenvalue weighted by molar-refractivity contribution is 5.06. The summed E-state index contributed by atoms with van der Waals surface area (Å²) >= 11 is 0. The molecule has 0 radical (unpaired) electrons. The van der Waals surface area contributed by atoms with Crippen molar-refractivity contribution in [2.75, 3.05) is 7.11 Å². The number of hydrogen-bond acceptors (Lipinski definition) is 5. The SMILES string of the molecule is COC(c1noc(C2(N)CCCCCC2)n1)C1CC1. The zero-order chi connectivity index (χ0) is 13.3. The molecule has 2 aliphatic rings. The van der Waals surface area contributed by atoms with Gasteiger partial charge in [0.05, 0.1) is 5.54 Å². The molecule has 106 valence electrons. The van der Waals surface area contributed by atoms with E-state index in [1.807, 2.05) is 0 Å². The van der Waals surface area contributed by atoms with Crippen molar-refractivity contribution in [3.8, 4) is 0 Å². The topological polar surface area (TPSA) is 74.2 Å². The minimum absolute atomic E-state index is 0.0214. The maximum Gasteiger partial charge on any atom is 0.246 e. The van der Waals surface area contributed by atoms with Crippen molar-refractivity contribution in [2.45, 2.75) is 63.0 Å². The Morgan fingerprint density at radius 3 is 2.53 bits per heavy atom. The number of hydrogen-bond donors (Lipinski definition) is 1. The van der Waals surface area contributed by atoms with E-state index in [1.54, 1.807) is 7.11 Å². The molecule has 1 atom stereocenters. The summed E-state index contributed by atoms with van der Waals surface area (Å²) in [6, 6.07) is 0. The Morgan fingerprint density at radius 1 is 1.26 bits per heavy atom. The first-order chi connectivity index (χ1) is 9.23. The first-order valence-electron chi connectivity index (χ1n) is 7.39. The van der Waals surface area contributed by atoms with E-state index < -0.39 is 5.54 Å². The lowest BCUT2D eigenvalue weighted by atomic mass is 9.91. The first kappa shape index (κ1) is 13.1. The van der Waals surface area contributed by atoms with Crippen LogP contribution in [0.15, 0.2) is 4.52 Å². The molecule has 0 saturated heterocycles. The van der Waals surface area contributed by atoms with E-state index in [2.05, 4.69) is 10.1 Å². The van der Waals surface area contributed by atoms with Gasteiger partial charge in [-0.2, -0.15) is 4.98 Å². The smallest absolute Gasteiger partial charge is 0.246 e. The van der Waals surface area contributed by atoms with Crippen LogP contribution in [0, 0.1) is 5.92 Å². The molecule has 5 nitrogen and oxygen atoms in total. The quantitative estimate of drug-likeness (QED) is 0.847. The summed E-state index contributed by atoms with van der Waals surface area (Å²) in [5.74, 6) is 1.83. The molecular weight excluding hydrogens is 242 g/mol. The van der Waals surface area contributed by atoms with Crippen molar-refractivity contribution >= 4 is 0 Å². The summed E-state index contributed by atoms with van der Waals surface area (Å²) in [6.07, 6.45) is 9.03. The van der Waals surface area contributed by atoms with Gasteiger partial charge in [0, 0.05) is 7.11 Å². The first-order valence-corrected chi connectivity index (χ1v) is 7.39. The minimum atomic E-state index is -0.427. The molecule has 1 heterocycles.